The van der Waals surface area contributed by atoms with Crippen molar-refractivity contribution in [3.05, 3.63) is 58.6 Å². The van der Waals surface area contributed by atoms with E-state index >= 15 is 0 Å². The van der Waals surface area contributed by atoms with Gasteiger partial charge in [0.05, 0.1) is 16.1 Å². The second kappa shape index (κ2) is 7.81. The van der Waals surface area contributed by atoms with Gasteiger partial charge < -0.3 is 5.32 Å². The van der Waals surface area contributed by atoms with E-state index in [2.05, 4.69) is 26.2 Å². The Morgan fingerprint density at radius 2 is 1.79 bits per heavy atom. The Labute approximate surface area is 174 Å². The Balaban J connectivity index is 1.62. The fourth-order valence-corrected chi connectivity index (χ4v) is 5.59. The van der Waals surface area contributed by atoms with Crippen molar-refractivity contribution in [2.24, 2.45) is 0 Å². The number of aromatic nitrogens is 1. The molecule has 0 radical (unpaired) electrons. The molecule has 1 saturated heterocycles. The van der Waals surface area contributed by atoms with Crippen molar-refractivity contribution >= 4 is 48.4 Å². The van der Waals surface area contributed by atoms with Gasteiger partial charge in [-0.15, -0.1) is 0 Å². The van der Waals surface area contributed by atoms with Crippen LogP contribution in [0.2, 0.25) is 0 Å². The van der Waals surface area contributed by atoms with Gasteiger partial charge in [0.1, 0.15) is 5.82 Å². The first kappa shape index (κ1) is 19.4. The third-order valence-electron chi connectivity index (χ3n) is 5.00. The summed E-state index contributed by atoms with van der Waals surface area (Å²) in [6.07, 6.45) is 2.95. The van der Waals surface area contributed by atoms with Crippen molar-refractivity contribution in [1.82, 2.24) is 9.29 Å². The lowest BCUT2D eigenvalue weighted by Crippen LogP contribution is -2.35. The summed E-state index contributed by atoms with van der Waals surface area (Å²) < 4.78 is 28.3. The zero-order valence-corrected chi connectivity index (χ0v) is 18.1. The van der Waals surface area contributed by atoms with Gasteiger partial charge in [-0.1, -0.05) is 12.5 Å². The van der Waals surface area contributed by atoms with Crippen molar-refractivity contribution in [3.63, 3.8) is 0 Å². The molecule has 0 atom stereocenters. The van der Waals surface area contributed by atoms with Crippen LogP contribution in [0.1, 0.15) is 24.8 Å². The molecule has 2 heterocycles. The molecule has 0 unspecified atom stereocenters. The molecule has 28 heavy (non-hydrogen) atoms. The van der Waals surface area contributed by atoms with Crippen LogP contribution in [0.25, 0.3) is 10.9 Å². The molecule has 1 fully saturated rings. The summed E-state index contributed by atoms with van der Waals surface area (Å²) >= 11 is 3.56. The largest absolute Gasteiger partial charge is 0.339 e. The van der Waals surface area contributed by atoms with Crippen molar-refractivity contribution in [1.29, 1.82) is 0 Å². The monoisotopic (exact) mass is 459 g/mol. The van der Waals surface area contributed by atoms with Gasteiger partial charge in [0.15, 0.2) is 0 Å². The van der Waals surface area contributed by atoms with Crippen LogP contribution < -0.4 is 5.32 Å². The minimum Gasteiger partial charge on any atom is -0.339 e. The molecule has 1 aromatic heterocycles. The normalized spacial score (nSPS) is 15.6. The highest BCUT2D eigenvalue weighted by Gasteiger charge is 2.26. The summed E-state index contributed by atoms with van der Waals surface area (Å²) in [7, 11) is -3.44. The van der Waals surface area contributed by atoms with E-state index in [-0.39, 0.29) is 0 Å². The number of aryl methyl sites for hydroxylation is 1. The van der Waals surface area contributed by atoms with Crippen molar-refractivity contribution in [3.8, 4) is 0 Å². The maximum absolute atomic E-state index is 12.9. The van der Waals surface area contributed by atoms with E-state index in [0.29, 0.717) is 23.8 Å². The second-order valence-electron chi connectivity index (χ2n) is 7.12. The molecule has 1 N–H and O–H groups in total. The fraction of sp³-hybridized carbons (Fsp3) is 0.286. The van der Waals surface area contributed by atoms with E-state index in [1.54, 1.807) is 22.5 Å². The van der Waals surface area contributed by atoms with Crippen LogP contribution in [-0.2, 0) is 10.0 Å². The molecule has 7 heteroatoms. The molecule has 0 amide bonds. The second-order valence-corrected chi connectivity index (χ2v) is 9.92. The number of piperidine rings is 1. The first-order chi connectivity index (χ1) is 13.4. The molecule has 2 aromatic carbocycles. The molecule has 5 nitrogen and oxygen atoms in total. The predicted molar refractivity (Wildman–Crippen MR) is 117 cm³/mol. The number of rotatable bonds is 4. The van der Waals surface area contributed by atoms with Crippen LogP contribution in [0.15, 0.2) is 57.9 Å². The zero-order chi connectivity index (χ0) is 19.7. The maximum Gasteiger partial charge on any atom is 0.243 e. The minimum absolute atomic E-state index is 0.339. The molecule has 0 saturated carbocycles. The molecular formula is C21H22BrN3O2S. The van der Waals surface area contributed by atoms with Gasteiger partial charge in [-0.05, 0) is 83.7 Å². The average molecular weight is 460 g/mol. The summed E-state index contributed by atoms with van der Waals surface area (Å²) in [5.41, 5.74) is 2.86. The van der Waals surface area contributed by atoms with Gasteiger partial charge in [-0.2, -0.15) is 4.31 Å². The molecule has 3 aromatic rings. The van der Waals surface area contributed by atoms with Gasteiger partial charge in [0.2, 0.25) is 10.0 Å². The predicted octanol–water partition coefficient (Wildman–Crippen LogP) is 5.22. The van der Waals surface area contributed by atoms with E-state index in [9.17, 15) is 8.42 Å². The van der Waals surface area contributed by atoms with Gasteiger partial charge in [-0.25, -0.2) is 13.4 Å². The fourth-order valence-electron chi connectivity index (χ4n) is 3.45. The van der Waals surface area contributed by atoms with E-state index in [1.165, 1.54) is 5.56 Å². The minimum atomic E-state index is -3.44. The van der Waals surface area contributed by atoms with E-state index in [4.69, 9.17) is 0 Å². The molecule has 0 spiro atoms. The lowest BCUT2D eigenvalue weighted by atomic mass is 10.2. The molecule has 0 bridgehead atoms. The van der Waals surface area contributed by atoms with Crippen LogP contribution >= 0.6 is 15.9 Å². The number of halogens is 1. The highest BCUT2D eigenvalue weighted by molar-refractivity contribution is 9.10. The van der Waals surface area contributed by atoms with E-state index in [1.807, 2.05) is 37.3 Å². The molecular weight excluding hydrogens is 438 g/mol. The average Bonchev–Trinajstić information content (AvgIpc) is 2.70. The van der Waals surface area contributed by atoms with Gasteiger partial charge in [-0.3, -0.25) is 0 Å². The summed E-state index contributed by atoms with van der Waals surface area (Å²) in [4.78, 5) is 4.97. The van der Waals surface area contributed by atoms with Crippen LogP contribution in [-0.4, -0.2) is 30.8 Å². The van der Waals surface area contributed by atoms with E-state index in [0.717, 1.165) is 40.3 Å². The first-order valence-corrected chi connectivity index (χ1v) is 11.6. The van der Waals surface area contributed by atoms with Gasteiger partial charge >= 0.3 is 0 Å². The van der Waals surface area contributed by atoms with Crippen LogP contribution in [0, 0.1) is 6.92 Å². The summed E-state index contributed by atoms with van der Waals surface area (Å²) in [6.45, 7) is 3.25. The third kappa shape index (κ3) is 3.92. The summed E-state index contributed by atoms with van der Waals surface area (Å²) in [5, 5.41) is 4.12. The molecule has 4 rings (SSSR count). The Bertz CT molecular complexity index is 1130. The molecule has 1 aliphatic rings. The number of anilines is 2. The zero-order valence-electron chi connectivity index (χ0n) is 15.7. The Hall–Kier alpha value is -1.96. The number of hydrogen-bond acceptors (Lipinski definition) is 4. The smallest absolute Gasteiger partial charge is 0.243 e. The topological polar surface area (TPSA) is 62.3 Å². The Morgan fingerprint density at radius 3 is 2.54 bits per heavy atom. The Morgan fingerprint density at radius 1 is 1.00 bits per heavy atom. The SMILES string of the molecule is Cc1ccc(Nc2ccc3cc(S(=O)(=O)N4CCCCC4)ccc3n2)c(Br)c1. The van der Waals surface area contributed by atoms with Crippen LogP contribution in [0.4, 0.5) is 11.5 Å². The standard InChI is InChI=1S/C21H22BrN3O2S/c1-15-5-8-20(18(22)13-15)24-21-10-6-16-14-17(7-9-19(16)23-21)28(26,27)25-11-3-2-4-12-25/h5-10,13-14H,2-4,11-12H2,1H3,(H,23,24). The van der Waals surface area contributed by atoms with Crippen LogP contribution in [0.3, 0.4) is 0 Å². The number of sulfonamides is 1. The van der Waals surface area contributed by atoms with Crippen molar-refractivity contribution in [2.45, 2.75) is 31.1 Å². The van der Waals surface area contributed by atoms with Crippen molar-refractivity contribution < 1.29 is 8.42 Å². The Kier molecular flexibility index (Phi) is 5.40. The number of nitrogens with one attached hydrogen (secondary N) is 1. The number of hydrogen-bond donors (Lipinski definition) is 1. The number of benzene rings is 2. The summed E-state index contributed by atoms with van der Waals surface area (Å²) in [5.74, 6) is 0.712. The first-order valence-electron chi connectivity index (χ1n) is 9.38. The molecule has 146 valence electrons. The van der Waals surface area contributed by atoms with Gasteiger partial charge in [0.25, 0.3) is 0 Å². The quantitative estimate of drug-likeness (QED) is 0.580. The van der Waals surface area contributed by atoms with E-state index < -0.39 is 10.0 Å². The lowest BCUT2D eigenvalue weighted by molar-refractivity contribution is 0.346. The maximum atomic E-state index is 12.9. The third-order valence-corrected chi connectivity index (χ3v) is 7.55. The number of fused-ring (bicyclic) bond motifs is 1. The highest BCUT2D eigenvalue weighted by atomic mass is 79.9. The van der Waals surface area contributed by atoms with Crippen molar-refractivity contribution in [2.75, 3.05) is 18.4 Å². The number of pyridine rings is 1. The number of nitrogens with zero attached hydrogens (tertiary/aromatic N) is 2. The lowest BCUT2D eigenvalue weighted by Gasteiger charge is -2.25. The van der Waals surface area contributed by atoms with Crippen LogP contribution in [0.5, 0.6) is 0 Å². The van der Waals surface area contributed by atoms with Gasteiger partial charge in [0, 0.05) is 22.9 Å². The molecule has 0 aliphatic carbocycles. The summed E-state index contributed by atoms with van der Waals surface area (Å²) in [6, 6.07) is 15.0. The highest BCUT2D eigenvalue weighted by Crippen LogP contribution is 2.28. The molecule has 1 aliphatic heterocycles.